The van der Waals surface area contributed by atoms with Crippen LogP contribution in [0.3, 0.4) is 0 Å². The normalized spacial score (nSPS) is 15.3. The molecule has 0 spiro atoms. The number of carbonyl (C=O) groups is 2. The minimum Gasteiger partial charge on any atom is -0.383 e. The van der Waals surface area contributed by atoms with Crippen LogP contribution in [0, 0.1) is 5.92 Å². The molecule has 2 atom stereocenters. The Morgan fingerprint density at radius 1 is 1.12 bits per heavy atom. The summed E-state index contributed by atoms with van der Waals surface area (Å²) in [4.78, 5) is 32.9. The van der Waals surface area contributed by atoms with E-state index in [4.69, 9.17) is 9.72 Å². The van der Waals surface area contributed by atoms with E-state index in [0.29, 0.717) is 25.3 Å². The van der Waals surface area contributed by atoms with Gasteiger partial charge in [-0.25, -0.2) is 4.98 Å². The van der Waals surface area contributed by atoms with E-state index < -0.39 is 6.04 Å². The van der Waals surface area contributed by atoms with Crippen LogP contribution in [0.4, 0.5) is 0 Å². The molecule has 1 aliphatic heterocycles. The largest absolute Gasteiger partial charge is 0.383 e. The number of rotatable bonds is 8. The third-order valence-corrected chi connectivity index (χ3v) is 6.03. The molecule has 1 aromatic heterocycles. The fourth-order valence-electron chi connectivity index (χ4n) is 4.51. The first-order valence-corrected chi connectivity index (χ1v) is 11.1. The highest BCUT2D eigenvalue weighted by atomic mass is 16.5. The molecule has 0 radical (unpaired) electrons. The van der Waals surface area contributed by atoms with Crippen molar-refractivity contribution in [3.63, 3.8) is 0 Å². The maximum atomic E-state index is 13.4. The van der Waals surface area contributed by atoms with Gasteiger partial charge in [-0.3, -0.25) is 9.59 Å². The average molecular weight is 435 g/mol. The summed E-state index contributed by atoms with van der Waals surface area (Å²) in [6.07, 6.45) is 0. The molecule has 3 aromatic rings. The van der Waals surface area contributed by atoms with E-state index >= 15 is 0 Å². The van der Waals surface area contributed by atoms with Gasteiger partial charge in [0.1, 0.15) is 11.9 Å². The Morgan fingerprint density at radius 2 is 1.84 bits per heavy atom. The lowest BCUT2D eigenvalue weighted by atomic mass is 10.0. The molecule has 7 heteroatoms. The van der Waals surface area contributed by atoms with Crippen molar-refractivity contribution in [2.75, 3.05) is 13.7 Å². The first-order chi connectivity index (χ1) is 15.4. The second-order valence-electron chi connectivity index (χ2n) is 8.61. The third-order valence-electron chi connectivity index (χ3n) is 6.03. The van der Waals surface area contributed by atoms with Gasteiger partial charge in [-0.15, -0.1) is 0 Å². The van der Waals surface area contributed by atoms with Crippen LogP contribution in [0.2, 0.25) is 0 Å². The van der Waals surface area contributed by atoms with Gasteiger partial charge in [0.25, 0.3) is 5.91 Å². The highest BCUT2D eigenvalue weighted by molar-refractivity contribution is 6.01. The van der Waals surface area contributed by atoms with Crippen molar-refractivity contribution in [2.45, 2.75) is 45.9 Å². The number of nitrogens with one attached hydrogen (secondary N) is 1. The molecule has 32 heavy (non-hydrogen) atoms. The molecular weight excluding hydrogens is 404 g/mol. The number of ether oxygens (including phenoxy) is 1. The van der Waals surface area contributed by atoms with E-state index in [1.165, 1.54) is 0 Å². The van der Waals surface area contributed by atoms with Crippen LogP contribution in [0.5, 0.6) is 0 Å². The lowest BCUT2D eigenvalue weighted by molar-refractivity contribution is -0.127. The number of nitrogens with zero attached hydrogens (tertiary/aromatic N) is 3. The first kappa shape index (κ1) is 22.0. The highest BCUT2D eigenvalue weighted by Crippen LogP contribution is 2.28. The predicted molar refractivity (Wildman–Crippen MR) is 123 cm³/mol. The van der Waals surface area contributed by atoms with Crippen molar-refractivity contribution >= 4 is 22.8 Å². The van der Waals surface area contributed by atoms with Crippen LogP contribution in [0.15, 0.2) is 48.5 Å². The zero-order valence-electron chi connectivity index (χ0n) is 19.0. The second-order valence-corrected chi connectivity index (χ2v) is 8.61. The number of imidazole rings is 1. The molecule has 4 rings (SSSR count). The number of hydrogen-bond acceptors (Lipinski definition) is 4. The molecule has 2 amide bonds. The lowest BCUT2D eigenvalue weighted by Gasteiger charge is -2.31. The molecule has 0 unspecified atom stereocenters. The summed E-state index contributed by atoms with van der Waals surface area (Å²) in [7, 11) is 1.67. The summed E-state index contributed by atoms with van der Waals surface area (Å²) in [6, 6.07) is 14.6. The Labute approximate surface area is 188 Å². The van der Waals surface area contributed by atoms with Crippen LogP contribution in [0.25, 0.3) is 11.0 Å². The van der Waals surface area contributed by atoms with Gasteiger partial charge in [0.05, 0.1) is 23.7 Å². The van der Waals surface area contributed by atoms with Crippen LogP contribution >= 0.6 is 0 Å². The van der Waals surface area contributed by atoms with Crippen LogP contribution < -0.4 is 5.32 Å². The third kappa shape index (κ3) is 4.00. The number of aromatic nitrogens is 2. The Morgan fingerprint density at radius 3 is 2.56 bits per heavy atom. The Bertz CT molecular complexity index is 1140. The van der Waals surface area contributed by atoms with E-state index in [9.17, 15) is 9.59 Å². The molecule has 2 heterocycles. The van der Waals surface area contributed by atoms with Gasteiger partial charge in [0.2, 0.25) is 5.91 Å². The fourth-order valence-corrected chi connectivity index (χ4v) is 4.51. The molecule has 0 aliphatic carbocycles. The van der Waals surface area contributed by atoms with E-state index in [1.54, 1.807) is 12.0 Å². The number of amides is 2. The van der Waals surface area contributed by atoms with Gasteiger partial charge in [-0.2, -0.15) is 0 Å². The second kappa shape index (κ2) is 9.12. The fraction of sp³-hybridized carbons (Fsp3) is 0.400. The van der Waals surface area contributed by atoms with Crippen molar-refractivity contribution < 1.29 is 14.3 Å². The standard InChI is InChI=1S/C25H30N4O3/c1-16(2)22(29-15-18-9-5-6-10-19(18)25(29)31)24(30)26-17(3)23-27-20-11-7-8-12-21(20)28(23)13-14-32-4/h5-12,16-17,22H,13-15H2,1-4H3,(H,26,30)/t17-,22-/m0/s1. The van der Waals surface area contributed by atoms with E-state index in [-0.39, 0.29) is 23.8 Å². The summed E-state index contributed by atoms with van der Waals surface area (Å²) >= 11 is 0. The number of para-hydroxylation sites is 2. The molecule has 0 fully saturated rings. The van der Waals surface area contributed by atoms with Crippen LogP contribution in [-0.4, -0.2) is 46.0 Å². The molecule has 2 aromatic carbocycles. The quantitative estimate of drug-likeness (QED) is 0.588. The minimum atomic E-state index is -0.561. The molecule has 1 N–H and O–H groups in total. The Kier molecular flexibility index (Phi) is 6.28. The minimum absolute atomic E-state index is 0.0345. The maximum Gasteiger partial charge on any atom is 0.255 e. The first-order valence-electron chi connectivity index (χ1n) is 11.1. The van der Waals surface area contributed by atoms with E-state index in [1.807, 2.05) is 69.3 Å². The zero-order valence-corrected chi connectivity index (χ0v) is 19.0. The zero-order chi connectivity index (χ0) is 22.8. The number of carbonyl (C=O) groups excluding carboxylic acids is 2. The number of fused-ring (bicyclic) bond motifs is 2. The highest BCUT2D eigenvalue weighted by Gasteiger charge is 2.38. The summed E-state index contributed by atoms with van der Waals surface area (Å²) in [5.41, 5.74) is 3.53. The van der Waals surface area contributed by atoms with Gasteiger partial charge < -0.3 is 19.5 Å². The smallest absolute Gasteiger partial charge is 0.255 e. The van der Waals surface area contributed by atoms with E-state index in [2.05, 4.69) is 9.88 Å². The van der Waals surface area contributed by atoms with Crippen molar-refractivity contribution in [3.8, 4) is 0 Å². The summed E-state index contributed by atoms with van der Waals surface area (Å²) < 4.78 is 7.37. The van der Waals surface area contributed by atoms with Crippen LogP contribution in [0.1, 0.15) is 48.6 Å². The van der Waals surface area contributed by atoms with Crippen molar-refractivity contribution in [1.82, 2.24) is 19.8 Å². The molecule has 168 valence electrons. The van der Waals surface area contributed by atoms with Gasteiger partial charge in [0.15, 0.2) is 0 Å². The van der Waals surface area contributed by atoms with Crippen molar-refractivity contribution in [3.05, 3.63) is 65.5 Å². The summed E-state index contributed by atoms with van der Waals surface area (Å²) in [6.45, 7) is 7.51. The average Bonchev–Trinajstić information content (AvgIpc) is 3.30. The number of methoxy groups -OCH3 is 1. The number of benzene rings is 2. The predicted octanol–water partition coefficient (Wildman–Crippen LogP) is 3.54. The topological polar surface area (TPSA) is 76.5 Å². The van der Waals surface area contributed by atoms with Crippen molar-refractivity contribution in [1.29, 1.82) is 0 Å². The molecular formula is C25H30N4O3. The van der Waals surface area contributed by atoms with Gasteiger partial charge in [-0.05, 0) is 36.6 Å². The van der Waals surface area contributed by atoms with Gasteiger partial charge >= 0.3 is 0 Å². The Balaban J connectivity index is 1.58. The molecule has 0 saturated carbocycles. The van der Waals surface area contributed by atoms with Gasteiger partial charge in [-0.1, -0.05) is 44.2 Å². The Hall–Kier alpha value is -3.19. The SMILES string of the molecule is COCCn1c([C@H](C)NC(=O)[C@H](C(C)C)N2Cc3ccccc3C2=O)nc2ccccc21. The maximum absolute atomic E-state index is 13.4. The van der Waals surface area contributed by atoms with Crippen LogP contribution in [-0.2, 0) is 22.6 Å². The molecule has 7 nitrogen and oxygen atoms in total. The van der Waals surface area contributed by atoms with Gasteiger partial charge in [0, 0.05) is 25.8 Å². The summed E-state index contributed by atoms with van der Waals surface area (Å²) in [5.74, 6) is 0.483. The van der Waals surface area contributed by atoms with Crippen molar-refractivity contribution in [2.24, 2.45) is 5.92 Å². The van der Waals surface area contributed by atoms with E-state index in [0.717, 1.165) is 22.4 Å². The molecule has 1 aliphatic rings. The molecule has 0 saturated heterocycles. The number of hydrogen-bond donors (Lipinski definition) is 1. The lowest BCUT2D eigenvalue weighted by Crippen LogP contribution is -2.50. The molecule has 0 bridgehead atoms. The monoisotopic (exact) mass is 434 g/mol. The summed E-state index contributed by atoms with van der Waals surface area (Å²) in [5, 5.41) is 3.12.